The molecule has 92 valence electrons. The average Bonchev–Trinajstić information content (AvgIpc) is 2.30. The minimum absolute atomic E-state index is 0.122. The molecule has 16 heavy (non-hydrogen) atoms. The van der Waals surface area contributed by atoms with Crippen LogP contribution >= 0.6 is 0 Å². The van der Waals surface area contributed by atoms with Crippen LogP contribution in [-0.2, 0) is 14.3 Å². The quantitative estimate of drug-likeness (QED) is 0.307. The van der Waals surface area contributed by atoms with Gasteiger partial charge in [0.2, 0.25) is 0 Å². The lowest BCUT2D eigenvalue weighted by Gasteiger charge is -2.21. The van der Waals surface area contributed by atoms with Crippen molar-refractivity contribution in [3.05, 3.63) is 12.2 Å². The Morgan fingerprint density at radius 3 is 3.12 bits per heavy atom. The van der Waals surface area contributed by atoms with Crippen LogP contribution in [0.4, 0.5) is 0 Å². The molecule has 0 radical (unpaired) electrons. The Morgan fingerprint density at radius 1 is 1.56 bits per heavy atom. The van der Waals surface area contributed by atoms with Crippen LogP contribution in [0.15, 0.2) is 12.2 Å². The van der Waals surface area contributed by atoms with E-state index in [0.29, 0.717) is 12.3 Å². The maximum Gasteiger partial charge on any atom is 0.330 e. The average molecular weight is 242 g/mol. The summed E-state index contributed by atoms with van der Waals surface area (Å²) in [5.41, 5.74) is 0.583. The Hall–Kier alpha value is -0.613. The van der Waals surface area contributed by atoms with Crippen LogP contribution in [0.1, 0.15) is 32.6 Å². The molecule has 1 saturated heterocycles. The molecule has 0 aromatic rings. The zero-order valence-corrected chi connectivity index (χ0v) is 11.5. The first-order valence-electron chi connectivity index (χ1n) is 6.24. The van der Waals surface area contributed by atoms with Gasteiger partial charge in [-0.2, -0.15) is 0 Å². The van der Waals surface area contributed by atoms with Gasteiger partial charge in [-0.3, -0.25) is 0 Å². The molecule has 1 heterocycles. The number of hydrogen-bond donors (Lipinski definition) is 0. The van der Waals surface area contributed by atoms with Crippen LogP contribution in [0.2, 0.25) is 6.04 Å². The van der Waals surface area contributed by atoms with Gasteiger partial charge in [0.1, 0.15) is 0 Å². The van der Waals surface area contributed by atoms with E-state index in [0.717, 1.165) is 13.0 Å². The Kier molecular flexibility index (Phi) is 7.17. The van der Waals surface area contributed by atoms with Gasteiger partial charge in [0.15, 0.2) is 0 Å². The third kappa shape index (κ3) is 6.08. The molecule has 1 unspecified atom stereocenters. The van der Waals surface area contributed by atoms with Crippen LogP contribution in [0.3, 0.4) is 0 Å². The predicted octanol–water partition coefficient (Wildman–Crippen LogP) is 1.61. The molecule has 1 fully saturated rings. The third-order valence-corrected chi connectivity index (χ3v) is 4.94. The smallest absolute Gasteiger partial charge is 0.330 e. The van der Waals surface area contributed by atoms with Gasteiger partial charge in [-0.05, 0) is 32.6 Å². The van der Waals surface area contributed by atoms with Gasteiger partial charge in [0.25, 0.3) is 0 Å². The number of esters is 1. The predicted molar refractivity (Wildman–Crippen MR) is 67.3 cm³/mol. The lowest BCUT2D eigenvalue weighted by molar-refractivity contribution is -0.137. The van der Waals surface area contributed by atoms with Gasteiger partial charge in [-0.15, -0.1) is 0 Å². The molecule has 4 heteroatoms. The van der Waals surface area contributed by atoms with Gasteiger partial charge in [0.05, 0.1) is 16.1 Å². The summed E-state index contributed by atoms with van der Waals surface area (Å²) in [4.78, 5) is 11.0. The van der Waals surface area contributed by atoms with Crippen molar-refractivity contribution in [2.24, 2.45) is 0 Å². The summed E-state index contributed by atoms with van der Waals surface area (Å²) >= 11 is 0. The monoisotopic (exact) mass is 242 g/mol. The van der Waals surface area contributed by atoms with E-state index in [1.807, 2.05) is 6.92 Å². The van der Waals surface area contributed by atoms with Crippen LogP contribution in [0, 0.1) is 0 Å². The summed E-state index contributed by atoms with van der Waals surface area (Å²) in [6.45, 7) is 3.32. The Balaban J connectivity index is 1.93. The zero-order valence-electron chi connectivity index (χ0n) is 10.1. The third-order valence-electron chi connectivity index (χ3n) is 2.74. The fraction of sp³-hybridized carbons (Fsp3) is 0.750. The largest absolute Gasteiger partial charge is 0.463 e. The molecule has 0 aromatic heterocycles. The van der Waals surface area contributed by atoms with Crippen LogP contribution in [-0.4, -0.2) is 34.4 Å². The highest BCUT2D eigenvalue weighted by Gasteiger charge is 2.13. The molecule has 0 N–H and O–H groups in total. The summed E-state index contributed by atoms with van der Waals surface area (Å²) in [7, 11) is -0.122. The fourth-order valence-electron chi connectivity index (χ4n) is 1.87. The molecule has 1 atom stereocenters. The second-order valence-corrected chi connectivity index (χ2v) is 6.35. The first-order chi connectivity index (χ1) is 7.83. The number of rotatable bonds is 6. The second kappa shape index (κ2) is 8.53. The van der Waals surface area contributed by atoms with Gasteiger partial charge in [-0.25, -0.2) is 4.79 Å². The van der Waals surface area contributed by atoms with Crippen molar-refractivity contribution in [2.45, 2.75) is 44.4 Å². The highest BCUT2D eigenvalue weighted by Crippen LogP contribution is 2.12. The van der Waals surface area contributed by atoms with Gasteiger partial charge in [0, 0.05) is 18.4 Å². The van der Waals surface area contributed by atoms with E-state index in [1.165, 1.54) is 31.4 Å². The number of ether oxygens (including phenoxy) is 2. The zero-order chi connectivity index (χ0) is 11.6. The molecule has 0 aromatic carbocycles. The molecule has 3 nitrogen and oxygen atoms in total. The van der Waals surface area contributed by atoms with Crippen LogP contribution in [0.25, 0.3) is 0 Å². The molecule has 1 aliphatic rings. The minimum atomic E-state index is -0.224. The van der Waals surface area contributed by atoms with Crippen molar-refractivity contribution in [1.29, 1.82) is 0 Å². The van der Waals surface area contributed by atoms with E-state index in [-0.39, 0.29) is 15.5 Å². The number of hydrogen-bond acceptors (Lipinski definition) is 3. The maximum absolute atomic E-state index is 11.0. The van der Waals surface area contributed by atoms with Crippen molar-refractivity contribution in [3.8, 4) is 0 Å². The van der Waals surface area contributed by atoms with Crippen molar-refractivity contribution >= 4 is 15.5 Å². The van der Waals surface area contributed by atoms with E-state index >= 15 is 0 Å². The topological polar surface area (TPSA) is 35.5 Å². The lowest BCUT2D eigenvalue weighted by atomic mass is 10.2. The maximum atomic E-state index is 11.0. The normalized spacial score (nSPS) is 21.9. The fourth-order valence-corrected chi connectivity index (χ4v) is 3.72. The minimum Gasteiger partial charge on any atom is -0.463 e. The number of carbonyl (C=O) groups is 1. The SMILES string of the molecule is CC=CC(=O)OCCC[SiH2]C1CCCCO1. The molecule has 0 bridgehead atoms. The van der Waals surface area contributed by atoms with E-state index in [9.17, 15) is 4.79 Å². The van der Waals surface area contributed by atoms with Crippen molar-refractivity contribution < 1.29 is 14.3 Å². The summed E-state index contributed by atoms with van der Waals surface area (Å²) in [6, 6.07) is 1.22. The highest BCUT2D eigenvalue weighted by molar-refractivity contribution is 6.37. The summed E-state index contributed by atoms with van der Waals surface area (Å²) in [6.07, 6.45) is 7.97. The molecule has 1 rings (SSSR count). The molecule has 0 aliphatic carbocycles. The van der Waals surface area contributed by atoms with E-state index < -0.39 is 0 Å². The van der Waals surface area contributed by atoms with E-state index in [4.69, 9.17) is 9.47 Å². The summed E-state index contributed by atoms with van der Waals surface area (Å²) in [5, 5.41) is 0. The first-order valence-corrected chi connectivity index (χ1v) is 8.05. The molecule has 1 aliphatic heterocycles. The van der Waals surface area contributed by atoms with Crippen LogP contribution in [0.5, 0.6) is 0 Å². The van der Waals surface area contributed by atoms with E-state index in [2.05, 4.69) is 0 Å². The van der Waals surface area contributed by atoms with Crippen molar-refractivity contribution in [1.82, 2.24) is 0 Å². The number of allylic oxidation sites excluding steroid dienone is 1. The highest BCUT2D eigenvalue weighted by atomic mass is 28.2. The second-order valence-electron chi connectivity index (χ2n) is 4.15. The standard InChI is InChI=1S/C12H22O3Si/c1-2-6-11(13)14-9-5-10-16-12-7-3-4-8-15-12/h2,6,12H,3-5,7-10,16H2,1H3. The van der Waals surface area contributed by atoms with Gasteiger partial charge in [-0.1, -0.05) is 12.1 Å². The molecule has 0 spiro atoms. The Labute approximate surface area is 100 Å². The molecular weight excluding hydrogens is 220 g/mol. The number of carbonyl (C=O) groups excluding carboxylic acids is 1. The Bertz CT molecular complexity index is 222. The van der Waals surface area contributed by atoms with Crippen molar-refractivity contribution in [2.75, 3.05) is 13.2 Å². The molecule has 0 amide bonds. The van der Waals surface area contributed by atoms with Crippen molar-refractivity contribution in [3.63, 3.8) is 0 Å². The molecular formula is C12H22O3Si. The molecule has 0 saturated carbocycles. The lowest BCUT2D eigenvalue weighted by Crippen LogP contribution is -2.25. The van der Waals surface area contributed by atoms with Gasteiger partial charge < -0.3 is 9.47 Å². The summed E-state index contributed by atoms with van der Waals surface area (Å²) < 4.78 is 10.7. The Morgan fingerprint density at radius 2 is 2.44 bits per heavy atom. The van der Waals surface area contributed by atoms with E-state index in [1.54, 1.807) is 6.08 Å². The van der Waals surface area contributed by atoms with Gasteiger partial charge >= 0.3 is 5.97 Å². The van der Waals surface area contributed by atoms with Crippen LogP contribution < -0.4 is 0 Å². The summed E-state index contributed by atoms with van der Waals surface area (Å²) in [5.74, 6) is -0.224. The first kappa shape index (κ1) is 13.5.